The number of hydrogen-bond donors (Lipinski definition) is 0. The van der Waals surface area contributed by atoms with Crippen molar-refractivity contribution in [3.05, 3.63) is 53.0 Å². The van der Waals surface area contributed by atoms with Gasteiger partial charge in [0.05, 0.1) is 0 Å². The van der Waals surface area contributed by atoms with Crippen LogP contribution >= 0.6 is 15.9 Å². The van der Waals surface area contributed by atoms with Crippen LogP contribution in [0.3, 0.4) is 0 Å². The molecule has 0 N–H and O–H groups in total. The van der Waals surface area contributed by atoms with Crippen molar-refractivity contribution in [2.45, 2.75) is 12.8 Å². The number of nitrogens with zero attached hydrogens (tertiary/aromatic N) is 2. The average Bonchev–Trinajstić information content (AvgIpc) is 2.79. The molecular weight excluding hydrogens is 268 g/mol. The van der Waals surface area contributed by atoms with Crippen molar-refractivity contribution in [3.8, 4) is 0 Å². The third-order valence-electron chi connectivity index (χ3n) is 2.31. The Balaban J connectivity index is 1.95. The second kappa shape index (κ2) is 5.07. The topological polar surface area (TPSA) is 34.9 Å². The van der Waals surface area contributed by atoms with Crippen LogP contribution in [0.2, 0.25) is 0 Å². The van der Waals surface area contributed by atoms with Crippen molar-refractivity contribution in [2.75, 3.05) is 0 Å². The fourth-order valence-corrected chi connectivity index (χ4v) is 1.93. The minimum Gasteiger partial charge on any atom is -0.276 e. The highest BCUT2D eigenvalue weighted by molar-refractivity contribution is 9.10. The van der Waals surface area contributed by atoms with Crippen LogP contribution in [0.5, 0.6) is 0 Å². The molecule has 16 heavy (non-hydrogen) atoms. The molecule has 0 fully saturated rings. The quantitative estimate of drug-likeness (QED) is 0.865. The summed E-state index contributed by atoms with van der Waals surface area (Å²) in [5.41, 5.74) is 1.16. The lowest BCUT2D eigenvalue weighted by atomic mass is 10.1. The summed E-state index contributed by atoms with van der Waals surface area (Å²) in [7, 11) is 0. The van der Waals surface area contributed by atoms with Crippen molar-refractivity contribution in [3.63, 3.8) is 0 Å². The number of aromatic nitrogens is 2. The maximum absolute atomic E-state index is 11.7. The fraction of sp³-hybridized carbons (Fsp3) is 0.167. The van der Waals surface area contributed by atoms with Gasteiger partial charge < -0.3 is 0 Å². The summed E-state index contributed by atoms with van der Waals surface area (Å²) in [6.45, 7) is 0. The van der Waals surface area contributed by atoms with Crippen LogP contribution in [0.4, 0.5) is 0 Å². The highest BCUT2D eigenvalue weighted by Gasteiger charge is 2.04. The molecule has 0 aliphatic rings. The van der Waals surface area contributed by atoms with Crippen LogP contribution in [0.25, 0.3) is 0 Å². The molecule has 1 aromatic carbocycles. The predicted octanol–water partition coefficient (Wildman–Crippen LogP) is 2.92. The van der Waals surface area contributed by atoms with Crippen molar-refractivity contribution >= 4 is 21.8 Å². The van der Waals surface area contributed by atoms with Gasteiger partial charge in [-0.05, 0) is 24.1 Å². The number of halogens is 1. The first-order valence-corrected chi connectivity index (χ1v) is 5.80. The molecule has 0 saturated heterocycles. The van der Waals surface area contributed by atoms with Crippen LogP contribution in [-0.2, 0) is 6.42 Å². The number of carbonyl (C=O) groups excluding carboxylic acids is 1. The zero-order chi connectivity index (χ0) is 11.4. The molecule has 0 atom stereocenters. The lowest BCUT2D eigenvalue weighted by Gasteiger charge is -2.02. The summed E-state index contributed by atoms with van der Waals surface area (Å²) >= 11 is 3.41. The Kier molecular flexibility index (Phi) is 3.51. The van der Waals surface area contributed by atoms with E-state index in [0.29, 0.717) is 6.42 Å². The van der Waals surface area contributed by atoms with E-state index < -0.39 is 0 Å². The molecule has 82 valence electrons. The van der Waals surface area contributed by atoms with Crippen LogP contribution in [0, 0.1) is 0 Å². The van der Waals surface area contributed by atoms with E-state index in [9.17, 15) is 4.79 Å². The molecule has 2 rings (SSSR count). The highest BCUT2D eigenvalue weighted by atomic mass is 79.9. The SMILES string of the molecule is O=C(CCc1cccc(Br)c1)n1ccnc1. The molecule has 2 aromatic rings. The van der Waals surface area contributed by atoms with Gasteiger partial charge in [0.1, 0.15) is 6.33 Å². The maximum Gasteiger partial charge on any atom is 0.232 e. The monoisotopic (exact) mass is 278 g/mol. The van der Waals surface area contributed by atoms with Gasteiger partial charge in [0, 0.05) is 23.3 Å². The Morgan fingerprint density at radius 3 is 3.00 bits per heavy atom. The number of carbonyl (C=O) groups is 1. The second-order valence-corrected chi connectivity index (χ2v) is 4.41. The molecule has 0 unspecified atom stereocenters. The maximum atomic E-state index is 11.7. The standard InChI is InChI=1S/C12H11BrN2O/c13-11-3-1-2-10(8-11)4-5-12(16)15-7-6-14-9-15/h1-3,6-9H,4-5H2. The molecule has 0 saturated carbocycles. The van der Waals surface area contributed by atoms with Gasteiger partial charge in [-0.15, -0.1) is 0 Å². The molecule has 0 amide bonds. The molecule has 1 aromatic heterocycles. The van der Waals surface area contributed by atoms with Crippen molar-refractivity contribution in [1.82, 2.24) is 9.55 Å². The minimum atomic E-state index is 0.0671. The summed E-state index contributed by atoms with van der Waals surface area (Å²) in [5.74, 6) is 0.0671. The van der Waals surface area contributed by atoms with E-state index in [0.717, 1.165) is 16.5 Å². The number of hydrogen-bond acceptors (Lipinski definition) is 2. The van der Waals surface area contributed by atoms with Gasteiger partial charge in [0.15, 0.2) is 0 Å². The van der Waals surface area contributed by atoms with E-state index in [2.05, 4.69) is 20.9 Å². The lowest BCUT2D eigenvalue weighted by Crippen LogP contribution is -2.09. The van der Waals surface area contributed by atoms with E-state index >= 15 is 0 Å². The number of rotatable bonds is 3. The summed E-state index contributed by atoms with van der Waals surface area (Å²) in [4.78, 5) is 15.5. The predicted molar refractivity (Wildman–Crippen MR) is 65.3 cm³/mol. The molecular formula is C12H11BrN2O. The van der Waals surface area contributed by atoms with E-state index in [1.807, 2.05) is 24.3 Å². The largest absolute Gasteiger partial charge is 0.276 e. The number of imidazole rings is 1. The zero-order valence-corrected chi connectivity index (χ0v) is 10.2. The van der Waals surface area contributed by atoms with E-state index in [1.165, 1.54) is 10.9 Å². The zero-order valence-electron chi connectivity index (χ0n) is 8.64. The molecule has 3 nitrogen and oxygen atoms in total. The fourth-order valence-electron chi connectivity index (χ4n) is 1.48. The molecule has 0 spiro atoms. The Labute approximate surface area is 102 Å². The summed E-state index contributed by atoms with van der Waals surface area (Å²) in [6.07, 6.45) is 6.05. The smallest absolute Gasteiger partial charge is 0.232 e. The summed E-state index contributed by atoms with van der Waals surface area (Å²) < 4.78 is 2.55. The molecule has 0 radical (unpaired) electrons. The summed E-state index contributed by atoms with van der Waals surface area (Å²) in [6, 6.07) is 8.00. The first kappa shape index (κ1) is 11.1. The molecule has 0 aliphatic carbocycles. The van der Waals surface area contributed by atoms with E-state index in [4.69, 9.17) is 0 Å². The van der Waals surface area contributed by atoms with Gasteiger partial charge in [-0.1, -0.05) is 28.1 Å². The molecule has 0 aliphatic heterocycles. The van der Waals surface area contributed by atoms with Crippen molar-refractivity contribution < 1.29 is 4.79 Å². The molecule has 4 heteroatoms. The van der Waals surface area contributed by atoms with E-state index in [-0.39, 0.29) is 5.91 Å². The van der Waals surface area contributed by atoms with Crippen LogP contribution in [-0.4, -0.2) is 15.5 Å². The van der Waals surface area contributed by atoms with Gasteiger partial charge >= 0.3 is 0 Å². The first-order chi connectivity index (χ1) is 7.75. The van der Waals surface area contributed by atoms with Crippen molar-refractivity contribution in [1.29, 1.82) is 0 Å². The van der Waals surface area contributed by atoms with E-state index in [1.54, 1.807) is 12.4 Å². The van der Waals surface area contributed by atoms with Gasteiger partial charge in [-0.2, -0.15) is 0 Å². The van der Waals surface area contributed by atoms with Crippen LogP contribution in [0.15, 0.2) is 47.5 Å². The molecule has 0 bridgehead atoms. The highest BCUT2D eigenvalue weighted by Crippen LogP contribution is 2.13. The number of aryl methyl sites for hydroxylation is 1. The summed E-state index contributed by atoms with van der Waals surface area (Å²) in [5, 5.41) is 0. The Morgan fingerprint density at radius 2 is 2.31 bits per heavy atom. The average molecular weight is 279 g/mol. The third-order valence-corrected chi connectivity index (χ3v) is 2.80. The Morgan fingerprint density at radius 1 is 1.44 bits per heavy atom. The first-order valence-electron chi connectivity index (χ1n) is 5.01. The minimum absolute atomic E-state index is 0.0671. The van der Waals surface area contributed by atoms with Crippen LogP contribution < -0.4 is 0 Å². The number of benzene rings is 1. The van der Waals surface area contributed by atoms with Gasteiger partial charge in [-0.25, -0.2) is 4.98 Å². The second-order valence-electron chi connectivity index (χ2n) is 3.49. The van der Waals surface area contributed by atoms with Gasteiger partial charge in [0.2, 0.25) is 5.91 Å². The van der Waals surface area contributed by atoms with Gasteiger partial charge in [0.25, 0.3) is 0 Å². The third kappa shape index (κ3) is 2.79. The lowest BCUT2D eigenvalue weighted by molar-refractivity contribution is 0.0903. The Bertz CT molecular complexity index is 480. The Hall–Kier alpha value is -1.42. The van der Waals surface area contributed by atoms with Crippen LogP contribution in [0.1, 0.15) is 16.8 Å². The normalized spacial score (nSPS) is 10.3. The van der Waals surface area contributed by atoms with Crippen molar-refractivity contribution in [2.24, 2.45) is 0 Å². The van der Waals surface area contributed by atoms with Gasteiger partial charge in [-0.3, -0.25) is 9.36 Å². The molecule has 1 heterocycles.